The summed E-state index contributed by atoms with van der Waals surface area (Å²) >= 11 is 5.71. The van der Waals surface area contributed by atoms with Crippen LogP contribution in [0, 0.1) is 23.1 Å². The van der Waals surface area contributed by atoms with Crippen molar-refractivity contribution in [2.24, 2.45) is 5.92 Å². The molecule has 2 heterocycles. The molecule has 1 atom stereocenters. The average Bonchev–Trinajstić information content (AvgIpc) is 2.70. The zero-order chi connectivity index (χ0) is 19.4. The van der Waals surface area contributed by atoms with Crippen molar-refractivity contribution in [3.63, 3.8) is 0 Å². The van der Waals surface area contributed by atoms with Gasteiger partial charge in [0.05, 0.1) is 16.6 Å². The molecule has 1 saturated heterocycles. The van der Waals surface area contributed by atoms with E-state index in [0.29, 0.717) is 11.1 Å². The molecule has 5 nitrogen and oxygen atoms in total. The first-order valence-corrected chi connectivity index (χ1v) is 9.22. The normalized spacial score (nSPS) is 15.9. The molecule has 27 heavy (non-hydrogen) atoms. The molecule has 1 N–H and O–H groups in total. The molecule has 1 unspecified atom stereocenters. The van der Waals surface area contributed by atoms with Crippen molar-refractivity contribution >= 4 is 23.3 Å². The van der Waals surface area contributed by atoms with Crippen molar-refractivity contribution in [2.45, 2.75) is 25.8 Å². The average molecular weight is 387 g/mol. The second kappa shape index (κ2) is 8.36. The number of nitriles is 1. The third-order valence-electron chi connectivity index (χ3n) is 4.87. The fraction of sp³-hybridized carbons (Fsp3) is 0.350. The quantitative estimate of drug-likeness (QED) is 0.866. The maximum atomic E-state index is 13.6. The molecular weight excluding hydrogens is 367 g/mol. The number of anilines is 1. The van der Waals surface area contributed by atoms with Gasteiger partial charge >= 0.3 is 0 Å². The van der Waals surface area contributed by atoms with Crippen LogP contribution in [0.3, 0.4) is 0 Å². The SMILES string of the molecule is CC(NC(=O)C1CCN(c2ccc(C#N)cn2)CC1)c1ccc(Cl)c(F)c1. The van der Waals surface area contributed by atoms with Gasteiger partial charge in [0, 0.05) is 25.2 Å². The molecular formula is C20H20ClFN4O. The molecule has 0 radical (unpaired) electrons. The van der Waals surface area contributed by atoms with Crippen LogP contribution in [0.25, 0.3) is 0 Å². The number of hydrogen-bond donors (Lipinski definition) is 1. The highest BCUT2D eigenvalue weighted by atomic mass is 35.5. The van der Waals surface area contributed by atoms with Gasteiger partial charge in [-0.1, -0.05) is 17.7 Å². The lowest BCUT2D eigenvalue weighted by Crippen LogP contribution is -2.41. The first kappa shape index (κ1) is 19.1. The van der Waals surface area contributed by atoms with Crippen molar-refractivity contribution in [1.82, 2.24) is 10.3 Å². The van der Waals surface area contributed by atoms with Crippen LogP contribution in [0.5, 0.6) is 0 Å². The summed E-state index contributed by atoms with van der Waals surface area (Å²) in [7, 11) is 0. The Morgan fingerprint density at radius 3 is 2.70 bits per heavy atom. The monoisotopic (exact) mass is 386 g/mol. The molecule has 0 aliphatic carbocycles. The smallest absolute Gasteiger partial charge is 0.223 e. The van der Waals surface area contributed by atoms with E-state index in [0.717, 1.165) is 31.7 Å². The van der Waals surface area contributed by atoms with Crippen LogP contribution >= 0.6 is 11.6 Å². The lowest BCUT2D eigenvalue weighted by Gasteiger charge is -2.32. The number of benzene rings is 1. The number of carbonyl (C=O) groups is 1. The minimum absolute atomic E-state index is 0.0229. The van der Waals surface area contributed by atoms with E-state index in [1.165, 1.54) is 12.1 Å². The van der Waals surface area contributed by atoms with Crippen LogP contribution in [0.1, 0.15) is 36.9 Å². The maximum Gasteiger partial charge on any atom is 0.223 e. The summed E-state index contributed by atoms with van der Waals surface area (Å²) in [6, 6.07) is 9.91. The van der Waals surface area contributed by atoms with Gasteiger partial charge in [-0.2, -0.15) is 5.26 Å². The van der Waals surface area contributed by atoms with Gasteiger partial charge < -0.3 is 10.2 Å². The number of aromatic nitrogens is 1. The predicted molar refractivity (Wildman–Crippen MR) is 102 cm³/mol. The topological polar surface area (TPSA) is 69.0 Å². The Kier molecular flexibility index (Phi) is 5.92. The van der Waals surface area contributed by atoms with Gasteiger partial charge in [0.1, 0.15) is 17.7 Å². The second-order valence-electron chi connectivity index (χ2n) is 6.68. The van der Waals surface area contributed by atoms with E-state index in [-0.39, 0.29) is 22.9 Å². The fourth-order valence-electron chi connectivity index (χ4n) is 3.21. The van der Waals surface area contributed by atoms with Gasteiger partial charge in [0.25, 0.3) is 0 Å². The number of hydrogen-bond acceptors (Lipinski definition) is 4. The molecule has 0 saturated carbocycles. The molecule has 1 fully saturated rings. The van der Waals surface area contributed by atoms with Crippen LogP contribution < -0.4 is 10.2 Å². The molecule has 3 rings (SSSR count). The van der Waals surface area contributed by atoms with Crippen LogP contribution in [-0.2, 0) is 4.79 Å². The Labute approximate surface area is 162 Å². The van der Waals surface area contributed by atoms with Gasteiger partial charge in [0.15, 0.2) is 0 Å². The molecule has 1 amide bonds. The number of pyridine rings is 1. The summed E-state index contributed by atoms with van der Waals surface area (Å²) in [5.41, 5.74) is 1.21. The number of carbonyl (C=O) groups excluding carboxylic acids is 1. The Bertz CT molecular complexity index is 857. The van der Waals surface area contributed by atoms with Gasteiger partial charge in [0.2, 0.25) is 5.91 Å². The first-order valence-electron chi connectivity index (χ1n) is 8.84. The van der Waals surface area contributed by atoms with Crippen molar-refractivity contribution in [1.29, 1.82) is 5.26 Å². The minimum atomic E-state index is -0.488. The number of piperidine rings is 1. The highest BCUT2D eigenvalue weighted by Crippen LogP contribution is 2.24. The minimum Gasteiger partial charge on any atom is -0.357 e. The molecule has 1 aromatic heterocycles. The van der Waals surface area contributed by atoms with E-state index in [4.69, 9.17) is 16.9 Å². The number of rotatable bonds is 4. The lowest BCUT2D eigenvalue weighted by atomic mass is 9.95. The zero-order valence-electron chi connectivity index (χ0n) is 15.0. The number of nitrogens with zero attached hydrogens (tertiary/aromatic N) is 3. The maximum absolute atomic E-state index is 13.6. The number of amides is 1. The summed E-state index contributed by atoms with van der Waals surface area (Å²) in [5, 5.41) is 11.9. The van der Waals surface area contributed by atoms with Crippen LogP contribution in [0.4, 0.5) is 10.2 Å². The molecule has 7 heteroatoms. The highest BCUT2D eigenvalue weighted by molar-refractivity contribution is 6.30. The molecule has 140 valence electrons. The van der Waals surface area contributed by atoms with Gasteiger partial charge in [-0.25, -0.2) is 9.37 Å². The molecule has 1 aromatic carbocycles. The van der Waals surface area contributed by atoms with Gasteiger partial charge in [-0.05, 0) is 49.6 Å². The zero-order valence-corrected chi connectivity index (χ0v) is 15.7. The first-order chi connectivity index (χ1) is 13.0. The summed E-state index contributed by atoms with van der Waals surface area (Å²) in [6.07, 6.45) is 2.99. The van der Waals surface area contributed by atoms with Crippen LogP contribution in [0.15, 0.2) is 36.5 Å². The highest BCUT2D eigenvalue weighted by Gasteiger charge is 2.26. The Morgan fingerprint density at radius 2 is 2.11 bits per heavy atom. The van der Waals surface area contributed by atoms with E-state index in [1.807, 2.05) is 13.0 Å². The van der Waals surface area contributed by atoms with Crippen LogP contribution in [0.2, 0.25) is 5.02 Å². The standard InChI is InChI=1S/C20H20ClFN4O/c1-13(16-3-4-17(21)18(22)10-16)25-20(27)15-6-8-26(9-7-15)19-5-2-14(11-23)12-24-19/h2-5,10,12-13,15H,6-9H2,1H3,(H,25,27). The third kappa shape index (κ3) is 4.55. The summed E-state index contributed by atoms with van der Waals surface area (Å²) in [5.74, 6) is 0.223. The molecule has 0 bridgehead atoms. The van der Waals surface area contributed by atoms with Crippen molar-refractivity contribution in [2.75, 3.05) is 18.0 Å². The Balaban J connectivity index is 1.54. The molecule has 1 aliphatic rings. The van der Waals surface area contributed by atoms with Crippen molar-refractivity contribution < 1.29 is 9.18 Å². The summed E-state index contributed by atoms with van der Waals surface area (Å²) in [6.45, 7) is 3.28. The number of halogens is 2. The van der Waals surface area contributed by atoms with E-state index in [1.54, 1.807) is 18.3 Å². The summed E-state index contributed by atoms with van der Waals surface area (Å²) < 4.78 is 13.6. The van der Waals surface area contributed by atoms with E-state index < -0.39 is 5.82 Å². The van der Waals surface area contributed by atoms with Gasteiger partial charge in [-0.3, -0.25) is 4.79 Å². The molecule has 1 aliphatic heterocycles. The number of nitrogens with one attached hydrogen (secondary N) is 1. The van der Waals surface area contributed by atoms with Crippen molar-refractivity contribution in [3.8, 4) is 6.07 Å². The van der Waals surface area contributed by atoms with Gasteiger partial charge in [-0.15, -0.1) is 0 Å². The van der Waals surface area contributed by atoms with E-state index in [9.17, 15) is 9.18 Å². The molecule has 0 spiro atoms. The van der Waals surface area contributed by atoms with E-state index in [2.05, 4.69) is 21.3 Å². The Hall–Kier alpha value is -2.65. The van der Waals surface area contributed by atoms with E-state index >= 15 is 0 Å². The largest absolute Gasteiger partial charge is 0.357 e. The molecule has 2 aromatic rings. The second-order valence-corrected chi connectivity index (χ2v) is 7.09. The summed E-state index contributed by atoms with van der Waals surface area (Å²) in [4.78, 5) is 19.0. The third-order valence-corrected chi connectivity index (χ3v) is 5.18. The lowest BCUT2D eigenvalue weighted by molar-refractivity contribution is -0.126. The van der Waals surface area contributed by atoms with Crippen molar-refractivity contribution in [3.05, 3.63) is 58.5 Å². The predicted octanol–water partition coefficient (Wildman–Crippen LogP) is 3.84. The Morgan fingerprint density at radius 1 is 1.37 bits per heavy atom. The fourth-order valence-corrected chi connectivity index (χ4v) is 3.32. The van der Waals surface area contributed by atoms with Crippen LogP contribution in [-0.4, -0.2) is 24.0 Å².